The monoisotopic (exact) mass is 484 g/mol. The third kappa shape index (κ3) is 13.1. The molecule has 2 unspecified atom stereocenters. The largest absolute Gasteiger partial charge is 0.491 e. The van der Waals surface area contributed by atoms with Crippen LogP contribution in [-0.4, -0.2) is 22.7 Å². The Hall–Kier alpha value is -1.97. The molecule has 35 heavy (non-hydrogen) atoms. The van der Waals surface area contributed by atoms with Gasteiger partial charge in [-0.3, -0.25) is 0 Å². The second-order valence-corrected chi connectivity index (χ2v) is 10.3. The molecule has 196 valence electrons. The lowest BCUT2D eigenvalue weighted by atomic mass is 9.98. The van der Waals surface area contributed by atoms with Crippen LogP contribution in [0.1, 0.15) is 116 Å². The average Bonchev–Trinajstić information content (AvgIpc) is 2.89. The van der Waals surface area contributed by atoms with Gasteiger partial charge in [-0.1, -0.05) is 91.4 Å². The van der Waals surface area contributed by atoms with Gasteiger partial charge in [-0.15, -0.1) is 0 Å². The number of nitrogens with zero attached hydrogens (tertiary/aromatic N) is 2. The first-order valence-electron chi connectivity index (χ1n) is 14.3. The van der Waals surface area contributed by atoms with Gasteiger partial charge in [0.1, 0.15) is 18.5 Å². The first-order chi connectivity index (χ1) is 17.1. The topological polar surface area (TPSA) is 35.0 Å². The maximum absolute atomic E-state index is 14.2. The van der Waals surface area contributed by atoms with Gasteiger partial charge in [-0.05, 0) is 61.4 Å². The number of alkyl halides is 1. The zero-order valence-electron chi connectivity index (χ0n) is 22.6. The van der Waals surface area contributed by atoms with Gasteiger partial charge >= 0.3 is 0 Å². The van der Waals surface area contributed by atoms with E-state index in [2.05, 4.69) is 30.7 Å². The van der Waals surface area contributed by atoms with Crippen molar-refractivity contribution in [3.05, 3.63) is 42.2 Å². The molecule has 1 aromatic carbocycles. The first-order valence-corrected chi connectivity index (χ1v) is 14.3. The SMILES string of the molecule is CCCCCCCCCCCc1cnc(-c2ccc(OCC(F)CCC(C)CCCC)cc2)nc1. The molecule has 0 fully saturated rings. The Morgan fingerprint density at radius 3 is 1.97 bits per heavy atom. The van der Waals surface area contributed by atoms with E-state index >= 15 is 0 Å². The summed E-state index contributed by atoms with van der Waals surface area (Å²) in [5.41, 5.74) is 2.16. The van der Waals surface area contributed by atoms with Crippen LogP contribution in [0.15, 0.2) is 36.7 Å². The third-order valence-corrected chi connectivity index (χ3v) is 6.84. The van der Waals surface area contributed by atoms with E-state index < -0.39 is 6.17 Å². The highest BCUT2D eigenvalue weighted by atomic mass is 19.1. The number of unbranched alkanes of at least 4 members (excludes halogenated alkanes) is 9. The van der Waals surface area contributed by atoms with Crippen molar-refractivity contribution in [3.63, 3.8) is 0 Å². The molecule has 0 radical (unpaired) electrons. The molecule has 2 aromatic rings. The lowest BCUT2D eigenvalue weighted by Crippen LogP contribution is -2.14. The Kier molecular flexibility index (Phi) is 15.3. The molecule has 0 aliphatic carbocycles. The number of hydrogen-bond donors (Lipinski definition) is 0. The van der Waals surface area contributed by atoms with Gasteiger partial charge in [-0.25, -0.2) is 14.4 Å². The molecule has 0 saturated carbocycles. The van der Waals surface area contributed by atoms with Crippen molar-refractivity contribution in [1.29, 1.82) is 0 Å². The molecule has 4 heteroatoms. The summed E-state index contributed by atoms with van der Waals surface area (Å²) in [4.78, 5) is 9.12. The number of benzene rings is 1. The van der Waals surface area contributed by atoms with E-state index in [-0.39, 0.29) is 6.61 Å². The van der Waals surface area contributed by atoms with E-state index in [1.54, 1.807) is 0 Å². The molecule has 1 aromatic heterocycles. The molecule has 3 nitrogen and oxygen atoms in total. The smallest absolute Gasteiger partial charge is 0.159 e. The predicted octanol–water partition coefficient (Wildman–Crippen LogP) is 9.54. The van der Waals surface area contributed by atoms with Crippen LogP contribution in [0.3, 0.4) is 0 Å². The highest BCUT2D eigenvalue weighted by molar-refractivity contribution is 5.55. The van der Waals surface area contributed by atoms with E-state index in [1.807, 2.05) is 36.7 Å². The summed E-state index contributed by atoms with van der Waals surface area (Å²) >= 11 is 0. The number of rotatable bonds is 20. The highest BCUT2D eigenvalue weighted by Gasteiger charge is 2.11. The summed E-state index contributed by atoms with van der Waals surface area (Å²) in [6.07, 6.45) is 21.2. The summed E-state index contributed by atoms with van der Waals surface area (Å²) in [6.45, 7) is 6.80. The lowest BCUT2D eigenvalue weighted by molar-refractivity contribution is 0.178. The maximum atomic E-state index is 14.2. The van der Waals surface area contributed by atoms with Gasteiger partial charge < -0.3 is 4.74 Å². The van der Waals surface area contributed by atoms with E-state index in [1.165, 1.54) is 82.6 Å². The molecule has 0 bridgehead atoms. The number of halogens is 1. The Morgan fingerprint density at radius 1 is 0.743 bits per heavy atom. The van der Waals surface area contributed by atoms with Gasteiger partial charge in [0, 0.05) is 18.0 Å². The van der Waals surface area contributed by atoms with Crippen molar-refractivity contribution in [3.8, 4) is 17.1 Å². The number of aromatic nitrogens is 2. The van der Waals surface area contributed by atoms with Gasteiger partial charge in [0.2, 0.25) is 0 Å². The molecule has 0 N–H and O–H groups in total. The standard InChI is InChI=1S/C31H49FN2O/c1-4-6-8-9-10-11-12-13-14-16-27-23-33-31(34-24-27)28-18-21-30(22-19-28)35-25-29(32)20-17-26(3)15-7-5-2/h18-19,21-24,26,29H,4-17,20,25H2,1-3H3. The normalized spacial score (nSPS) is 13.0. The van der Waals surface area contributed by atoms with Crippen molar-refractivity contribution >= 4 is 0 Å². The Bertz CT molecular complexity index is 763. The zero-order valence-corrected chi connectivity index (χ0v) is 22.6. The minimum Gasteiger partial charge on any atom is -0.491 e. The molecule has 0 amide bonds. The molecule has 2 rings (SSSR count). The van der Waals surface area contributed by atoms with Crippen molar-refractivity contribution < 1.29 is 9.13 Å². The number of aryl methyl sites for hydroxylation is 1. The van der Waals surface area contributed by atoms with Crippen LogP contribution in [0.25, 0.3) is 11.4 Å². The van der Waals surface area contributed by atoms with Crippen molar-refractivity contribution in [2.75, 3.05) is 6.61 Å². The molecular formula is C31H49FN2O. The summed E-state index contributed by atoms with van der Waals surface area (Å²) in [5.74, 6) is 2.00. The minimum absolute atomic E-state index is 0.115. The Morgan fingerprint density at radius 2 is 1.34 bits per heavy atom. The summed E-state index contributed by atoms with van der Waals surface area (Å²) in [6, 6.07) is 7.66. The molecule has 1 heterocycles. The van der Waals surface area contributed by atoms with Crippen LogP contribution in [-0.2, 0) is 6.42 Å². The van der Waals surface area contributed by atoms with Crippen LogP contribution in [0.2, 0.25) is 0 Å². The van der Waals surface area contributed by atoms with Crippen LogP contribution < -0.4 is 4.74 Å². The fourth-order valence-corrected chi connectivity index (χ4v) is 4.41. The van der Waals surface area contributed by atoms with Gasteiger partial charge in [0.15, 0.2) is 5.82 Å². The number of ether oxygens (including phenoxy) is 1. The molecule has 0 spiro atoms. The average molecular weight is 485 g/mol. The second kappa shape index (κ2) is 18.3. The predicted molar refractivity (Wildman–Crippen MR) is 147 cm³/mol. The molecule has 2 atom stereocenters. The summed E-state index contributed by atoms with van der Waals surface area (Å²) < 4.78 is 19.9. The van der Waals surface area contributed by atoms with Crippen LogP contribution in [0.5, 0.6) is 5.75 Å². The molecule has 0 aliphatic heterocycles. The maximum Gasteiger partial charge on any atom is 0.159 e. The van der Waals surface area contributed by atoms with E-state index in [0.29, 0.717) is 18.1 Å². The van der Waals surface area contributed by atoms with Crippen molar-refractivity contribution in [2.24, 2.45) is 5.92 Å². The summed E-state index contributed by atoms with van der Waals surface area (Å²) in [7, 11) is 0. The zero-order chi connectivity index (χ0) is 25.1. The van der Waals surface area contributed by atoms with Gasteiger partial charge in [-0.2, -0.15) is 0 Å². The van der Waals surface area contributed by atoms with Gasteiger partial charge in [0.05, 0.1) is 0 Å². The van der Waals surface area contributed by atoms with Crippen LogP contribution in [0, 0.1) is 5.92 Å². The van der Waals surface area contributed by atoms with E-state index in [4.69, 9.17) is 4.74 Å². The Balaban J connectivity index is 1.64. The second-order valence-electron chi connectivity index (χ2n) is 10.3. The van der Waals surface area contributed by atoms with Gasteiger partial charge in [0.25, 0.3) is 0 Å². The third-order valence-electron chi connectivity index (χ3n) is 6.84. The fourth-order valence-electron chi connectivity index (χ4n) is 4.41. The van der Waals surface area contributed by atoms with Crippen molar-refractivity contribution in [2.45, 2.75) is 123 Å². The molecular weight excluding hydrogens is 435 g/mol. The van der Waals surface area contributed by atoms with Crippen LogP contribution in [0.4, 0.5) is 4.39 Å². The molecule has 0 aliphatic rings. The van der Waals surface area contributed by atoms with Crippen molar-refractivity contribution in [1.82, 2.24) is 9.97 Å². The summed E-state index contributed by atoms with van der Waals surface area (Å²) in [5, 5.41) is 0. The highest BCUT2D eigenvalue weighted by Crippen LogP contribution is 2.21. The fraction of sp³-hybridized carbons (Fsp3) is 0.677. The van der Waals surface area contributed by atoms with Crippen LogP contribution >= 0.6 is 0 Å². The van der Waals surface area contributed by atoms with E-state index in [0.717, 1.165) is 24.2 Å². The Labute approximate surface area is 214 Å². The number of hydrogen-bond acceptors (Lipinski definition) is 3. The minimum atomic E-state index is -0.916. The molecule has 0 saturated heterocycles. The quantitative estimate of drug-likeness (QED) is 0.175. The lowest BCUT2D eigenvalue weighted by Gasteiger charge is -2.14. The first kappa shape index (κ1) is 29.3. The van der Waals surface area contributed by atoms with E-state index in [9.17, 15) is 4.39 Å².